The van der Waals surface area contributed by atoms with Gasteiger partial charge in [-0.05, 0) is 12.1 Å². The zero-order valence-corrected chi connectivity index (χ0v) is 12.1. The molecule has 0 atom stereocenters. The van der Waals surface area contributed by atoms with Crippen molar-refractivity contribution in [2.45, 2.75) is 3.79 Å². The van der Waals surface area contributed by atoms with Crippen molar-refractivity contribution in [3.8, 4) is 0 Å². The zero-order valence-electron chi connectivity index (χ0n) is 9.86. The first-order valence-corrected chi connectivity index (χ1v) is 6.42. The number of imidazole rings is 1. The van der Waals surface area contributed by atoms with E-state index in [2.05, 4.69) is 10.3 Å². The molecule has 0 aliphatic rings. The van der Waals surface area contributed by atoms with E-state index in [0.29, 0.717) is 5.95 Å². The van der Waals surface area contributed by atoms with E-state index >= 15 is 0 Å². The van der Waals surface area contributed by atoms with Crippen LogP contribution in [0.5, 0.6) is 0 Å². The molecule has 1 aromatic heterocycles. The Kier molecular flexibility index (Phi) is 4.08. The van der Waals surface area contributed by atoms with E-state index in [4.69, 9.17) is 39.5 Å². The third-order valence-corrected chi connectivity index (χ3v) is 2.70. The summed E-state index contributed by atoms with van der Waals surface area (Å²) < 4.78 is 4.86. The van der Waals surface area contributed by atoms with Gasteiger partial charge in [0.05, 0.1) is 11.0 Å². The third kappa shape index (κ3) is 3.65. The molecule has 0 saturated carbocycles. The number of carbonyl (C=O) groups is 1. The molecule has 1 amide bonds. The molecule has 5 nitrogen and oxygen atoms in total. The fourth-order valence-electron chi connectivity index (χ4n) is 1.53. The van der Waals surface area contributed by atoms with Crippen LogP contribution < -0.4 is 5.32 Å². The number of nitrogens with zero attached hydrogens (tertiary/aromatic N) is 2. The van der Waals surface area contributed by atoms with Crippen LogP contribution in [0.4, 0.5) is 10.7 Å². The highest BCUT2D eigenvalue weighted by molar-refractivity contribution is 6.67. The molecule has 1 heterocycles. The van der Waals surface area contributed by atoms with Crippen molar-refractivity contribution in [3.05, 3.63) is 24.3 Å². The highest BCUT2D eigenvalue weighted by atomic mass is 35.6. The van der Waals surface area contributed by atoms with Crippen LogP contribution in [-0.2, 0) is 11.8 Å². The highest BCUT2D eigenvalue weighted by Crippen LogP contribution is 2.26. The summed E-state index contributed by atoms with van der Waals surface area (Å²) in [6.45, 7) is -0.340. The summed E-state index contributed by atoms with van der Waals surface area (Å²) in [5, 5.41) is 2.49. The third-order valence-electron chi connectivity index (χ3n) is 2.37. The summed E-state index contributed by atoms with van der Waals surface area (Å²) in [5.74, 6) is 0.357. The van der Waals surface area contributed by atoms with Crippen LogP contribution in [0.2, 0.25) is 0 Å². The number of halogens is 3. The number of para-hydroxylation sites is 2. The van der Waals surface area contributed by atoms with Gasteiger partial charge in [-0.2, -0.15) is 0 Å². The van der Waals surface area contributed by atoms with E-state index in [9.17, 15) is 4.79 Å². The molecule has 0 spiro atoms. The molecule has 19 heavy (non-hydrogen) atoms. The van der Waals surface area contributed by atoms with Crippen LogP contribution in [-0.4, -0.2) is 26.0 Å². The van der Waals surface area contributed by atoms with Gasteiger partial charge in [-0.1, -0.05) is 46.9 Å². The number of carbonyl (C=O) groups excluding carboxylic acids is 1. The van der Waals surface area contributed by atoms with Gasteiger partial charge in [-0.3, -0.25) is 5.32 Å². The molecule has 0 aliphatic heterocycles. The summed E-state index contributed by atoms with van der Waals surface area (Å²) in [6, 6.07) is 7.47. The smallest absolute Gasteiger partial charge is 0.414 e. The minimum Gasteiger partial charge on any atom is -0.445 e. The Morgan fingerprint density at radius 3 is 2.74 bits per heavy atom. The van der Waals surface area contributed by atoms with Gasteiger partial charge in [-0.25, -0.2) is 9.78 Å². The van der Waals surface area contributed by atoms with Crippen molar-refractivity contribution in [3.63, 3.8) is 0 Å². The summed E-state index contributed by atoms with van der Waals surface area (Å²) in [5.41, 5.74) is 1.65. The molecule has 0 aliphatic carbocycles. The zero-order chi connectivity index (χ0) is 14.0. The fourth-order valence-corrected chi connectivity index (χ4v) is 1.70. The molecular formula is C11H10Cl3N3O2. The number of nitrogens with one attached hydrogen (secondary N) is 1. The molecule has 1 N–H and O–H groups in total. The Balaban J connectivity index is 2.09. The highest BCUT2D eigenvalue weighted by Gasteiger charge is 2.22. The topological polar surface area (TPSA) is 56.2 Å². The molecule has 0 radical (unpaired) electrons. The lowest BCUT2D eigenvalue weighted by Gasteiger charge is -2.11. The van der Waals surface area contributed by atoms with E-state index in [1.165, 1.54) is 0 Å². The van der Waals surface area contributed by atoms with Crippen molar-refractivity contribution < 1.29 is 9.53 Å². The molecule has 0 unspecified atom stereocenters. The number of rotatable bonds is 2. The van der Waals surface area contributed by atoms with Crippen molar-refractivity contribution in [2.24, 2.45) is 7.05 Å². The number of aromatic nitrogens is 2. The number of anilines is 1. The number of hydrogen-bond acceptors (Lipinski definition) is 3. The Bertz CT molecular complexity index is 607. The van der Waals surface area contributed by atoms with Gasteiger partial charge in [0, 0.05) is 7.05 Å². The van der Waals surface area contributed by atoms with Gasteiger partial charge in [0.1, 0.15) is 6.61 Å². The van der Waals surface area contributed by atoms with Gasteiger partial charge >= 0.3 is 6.09 Å². The average Bonchev–Trinajstić information content (AvgIpc) is 2.64. The van der Waals surface area contributed by atoms with E-state index in [0.717, 1.165) is 11.0 Å². The van der Waals surface area contributed by atoms with Crippen LogP contribution in [0.3, 0.4) is 0 Å². The maximum atomic E-state index is 11.5. The second kappa shape index (κ2) is 5.45. The van der Waals surface area contributed by atoms with Gasteiger partial charge in [0.25, 0.3) is 0 Å². The SMILES string of the molecule is Cn1c(NC(=O)OCC(Cl)(Cl)Cl)nc2ccccc21. The Morgan fingerprint density at radius 2 is 2.11 bits per heavy atom. The summed E-state index contributed by atoms with van der Waals surface area (Å²) in [7, 11) is 1.78. The quantitative estimate of drug-likeness (QED) is 0.861. The van der Waals surface area contributed by atoms with Crippen molar-refractivity contribution in [2.75, 3.05) is 11.9 Å². The standard InChI is InChI=1S/C11H10Cl3N3O2/c1-17-8-5-3-2-4-7(8)15-9(17)16-10(18)19-6-11(12,13)14/h2-5H,6H2,1H3,(H,15,16,18). The van der Waals surface area contributed by atoms with Crippen molar-refractivity contribution >= 4 is 57.9 Å². The number of benzene rings is 1. The number of hydrogen-bond donors (Lipinski definition) is 1. The van der Waals surface area contributed by atoms with E-state index < -0.39 is 9.89 Å². The maximum absolute atomic E-state index is 11.5. The van der Waals surface area contributed by atoms with Gasteiger partial charge in [0.15, 0.2) is 0 Å². The number of alkyl halides is 3. The average molecular weight is 323 g/mol. The Labute approximate surface area is 124 Å². The molecule has 1 aromatic carbocycles. The first kappa shape index (κ1) is 14.2. The first-order chi connectivity index (χ1) is 8.87. The van der Waals surface area contributed by atoms with E-state index in [1.807, 2.05) is 24.3 Å². The molecule has 2 aromatic rings. The fraction of sp³-hybridized carbons (Fsp3) is 0.273. The van der Waals surface area contributed by atoms with Crippen LogP contribution in [0.15, 0.2) is 24.3 Å². The second-order valence-corrected chi connectivity index (χ2v) is 6.32. The first-order valence-electron chi connectivity index (χ1n) is 5.29. The van der Waals surface area contributed by atoms with Gasteiger partial charge < -0.3 is 9.30 Å². The molecule has 0 saturated heterocycles. The lowest BCUT2D eigenvalue weighted by molar-refractivity contribution is 0.163. The second-order valence-electron chi connectivity index (χ2n) is 3.80. The molecule has 8 heteroatoms. The van der Waals surface area contributed by atoms with E-state index in [-0.39, 0.29) is 6.61 Å². The van der Waals surface area contributed by atoms with Gasteiger partial charge in [0.2, 0.25) is 9.74 Å². The van der Waals surface area contributed by atoms with Crippen molar-refractivity contribution in [1.29, 1.82) is 0 Å². The molecule has 0 bridgehead atoms. The number of ether oxygens (including phenoxy) is 1. The molecule has 0 fully saturated rings. The number of aryl methyl sites for hydroxylation is 1. The monoisotopic (exact) mass is 321 g/mol. The number of amides is 1. The Morgan fingerprint density at radius 1 is 1.42 bits per heavy atom. The molecule has 2 rings (SSSR count). The number of fused-ring (bicyclic) bond motifs is 1. The minimum atomic E-state index is -1.64. The molecular weight excluding hydrogens is 312 g/mol. The maximum Gasteiger partial charge on any atom is 0.414 e. The summed E-state index contributed by atoms with van der Waals surface area (Å²) in [6.07, 6.45) is -0.732. The molecule has 102 valence electrons. The Hall–Kier alpha value is -1.17. The van der Waals surface area contributed by atoms with Crippen LogP contribution in [0, 0.1) is 0 Å². The normalized spacial score (nSPS) is 11.6. The summed E-state index contributed by atoms with van der Waals surface area (Å²) in [4.78, 5) is 15.8. The van der Waals surface area contributed by atoms with Crippen LogP contribution in [0.25, 0.3) is 11.0 Å². The van der Waals surface area contributed by atoms with Crippen molar-refractivity contribution in [1.82, 2.24) is 9.55 Å². The predicted molar refractivity (Wildman–Crippen MR) is 76.0 cm³/mol. The predicted octanol–water partition coefficient (Wildman–Crippen LogP) is 3.49. The van der Waals surface area contributed by atoms with E-state index in [1.54, 1.807) is 11.6 Å². The van der Waals surface area contributed by atoms with Crippen LogP contribution in [0.1, 0.15) is 0 Å². The lowest BCUT2D eigenvalue weighted by atomic mass is 10.3. The van der Waals surface area contributed by atoms with Crippen LogP contribution >= 0.6 is 34.8 Å². The lowest BCUT2D eigenvalue weighted by Crippen LogP contribution is -2.22. The minimum absolute atomic E-state index is 0.340. The summed E-state index contributed by atoms with van der Waals surface area (Å²) >= 11 is 16.4. The largest absolute Gasteiger partial charge is 0.445 e. The van der Waals surface area contributed by atoms with Gasteiger partial charge in [-0.15, -0.1) is 0 Å².